The van der Waals surface area contributed by atoms with Crippen LogP contribution in [0.1, 0.15) is 16.1 Å². The van der Waals surface area contributed by atoms with Gasteiger partial charge in [0.05, 0.1) is 21.7 Å². The van der Waals surface area contributed by atoms with E-state index in [1.165, 1.54) is 18.2 Å². The molecule has 1 unspecified atom stereocenters. The summed E-state index contributed by atoms with van der Waals surface area (Å²) in [6.07, 6.45) is 0.869. The number of hydrogen-bond donors (Lipinski definition) is 1. The maximum absolute atomic E-state index is 12.0. The van der Waals surface area contributed by atoms with Crippen molar-refractivity contribution in [2.24, 2.45) is 0 Å². The van der Waals surface area contributed by atoms with E-state index in [0.29, 0.717) is 10.9 Å². The summed E-state index contributed by atoms with van der Waals surface area (Å²) in [5.41, 5.74) is 0.780. The van der Waals surface area contributed by atoms with E-state index in [9.17, 15) is 18.3 Å². The number of hydrogen-bond acceptors (Lipinski definition) is 6. The van der Waals surface area contributed by atoms with Crippen LogP contribution in [0.15, 0.2) is 35.2 Å². The molecule has 1 aliphatic carbocycles. The van der Waals surface area contributed by atoms with Crippen LogP contribution < -0.4 is 0 Å². The Bertz CT molecular complexity index is 1000. The Kier molecular flexibility index (Phi) is 3.09. The summed E-state index contributed by atoms with van der Waals surface area (Å²) in [5, 5.41) is 19.3. The lowest BCUT2D eigenvalue weighted by Crippen LogP contribution is -2.24. The minimum Gasteiger partial charge on any atom is -0.381 e. The molecule has 0 aliphatic heterocycles. The van der Waals surface area contributed by atoms with Gasteiger partial charge in [0.15, 0.2) is 15.6 Å². The molecule has 0 saturated heterocycles. The average Bonchev–Trinajstić information content (AvgIpc) is 2.48. The van der Waals surface area contributed by atoms with Gasteiger partial charge in [-0.15, -0.1) is 0 Å². The van der Waals surface area contributed by atoms with Crippen molar-refractivity contribution < 1.29 is 18.3 Å². The molecule has 0 fully saturated rings. The summed E-state index contributed by atoms with van der Waals surface area (Å²) in [6, 6.07) is 7.77. The van der Waals surface area contributed by atoms with E-state index < -0.39 is 21.7 Å². The molecule has 1 aliphatic rings. The molecule has 22 heavy (non-hydrogen) atoms. The van der Waals surface area contributed by atoms with Gasteiger partial charge in [0.2, 0.25) is 0 Å². The van der Waals surface area contributed by atoms with E-state index in [1.54, 1.807) is 6.07 Å². The van der Waals surface area contributed by atoms with Crippen LogP contribution in [-0.4, -0.2) is 36.7 Å². The number of aromatic nitrogens is 1. The molecule has 0 saturated carbocycles. The molecule has 1 heterocycles. The molecule has 2 aromatic rings. The number of aliphatic hydroxyl groups is 1. The monoisotopic (exact) mass is 314 g/mol. The summed E-state index contributed by atoms with van der Waals surface area (Å²) in [6.45, 7) is 0. The van der Waals surface area contributed by atoms with Crippen LogP contribution in [0.2, 0.25) is 0 Å². The minimum atomic E-state index is -3.38. The fourth-order valence-corrected chi connectivity index (χ4v) is 2.97. The predicted molar refractivity (Wildman–Crippen MR) is 78.8 cm³/mol. The van der Waals surface area contributed by atoms with Crippen LogP contribution >= 0.6 is 0 Å². The van der Waals surface area contributed by atoms with Crippen molar-refractivity contribution in [3.05, 3.63) is 41.6 Å². The van der Waals surface area contributed by atoms with Gasteiger partial charge in [-0.2, -0.15) is 5.26 Å². The first-order valence-corrected chi connectivity index (χ1v) is 8.20. The van der Waals surface area contributed by atoms with Crippen molar-refractivity contribution in [2.75, 3.05) is 6.26 Å². The summed E-state index contributed by atoms with van der Waals surface area (Å²) in [5.74, 6) is -0.532. The molecule has 0 amide bonds. The second-order valence-corrected chi connectivity index (χ2v) is 7.03. The Morgan fingerprint density at radius 3 is 2.68 bits per heavy atom. The Morgan fingerprint density at radius 2 is 2.05 bits per heavy atom. The highest BCUT2D eigenvalue weighted by Gasteiger charge is 2.28. The molecule has 0 spiro atoms. The minimum absolute atomic E-state index is 0.0914. The standard InChI is InChI=1S/C15H10N2O4S/c1-22(20,21)10-3-2-8-4-11-14(17-12(8)6-10)9(7-16)5-13(18)15(11)19/h2-6,13,18H,1H3. The molecule has 1 N–H and O–H groups in total. The summed E-state index contributed by atoms with van der Waals surface area (Å²) < 4.78 is 23.2. The molecule has 6 nitrogen and oxygen atoms in total. The lowest BCUT2D eigenvalue weighted by atomic mass is 9.92. The van der Waals surface area contributed by atoms with Gasteiger partial charge in [0, 0.05) is 17.2 Å². The highest BCUT2D eigenvalue weighted by Crippen LogP contribution is 2.28. The number of pyridine rings is 1. The quantitative estimate of drug-likeness (QED) is 0.844. The van der Waals surface area contributed by atoms with Crippen molar-refractivity contribution >= 4 is 32.1 Å². The molecule has 3 rings (SSSR count). The van der Waals surface area contributed by atoms with E-state index in [2.05, 4.69) is 4.98 Å². The molecule has 1 atom stereocenters. The summed E-state index contributed by atoms with van der Waals surface area (Å²) in [4.78, 5) is 16.4. The van der Waals surface area contributed by atoms with Gasteiger partial charge >= 0.3 is 0 Å². The Labute approximate surface area is 126 Å². The largest absolute Gasteiger partial charge is 0.381 e. The average molecular weight is 314 g/mol. The van der Waals surface area contributed by atoms with Crippen LogP contribution in [0.5, 0.6) is 0 Å². The first-order chi connectivity index (χ1) is 10.3. The molecule has 1 aromatic heterocycles. The topological polar surface area (TPSA) is 108 Å². The zero-order valence-electron chi connectivity index (χ0n) is 11.4. The van der Waals surface area contributed by atoms with Gasteiger partial charge in [0.1, 0.15) is 12.2 Å². The SMILES string of the molecule is CS(=O)(=O)c1ccc2cc3c(nc2c1)C(C#N)=CC(O)C3=O. The molecular formula is C15H10N2O4S. The van der Waals surface area contributed by atoms with E-state index in [1.807, 2.05) is 6.07 Å². The Hall–Kier alpha value is -2.56. The van der Waals surface area contributed by atoms with Gasteiger partial charge < -0.3 is 5.11 Å². The lowest BCUT2D eigenvalue weighted by Gasteiger charge is -2.16. The van der Waals surface area contributed by atoms with Crippen molar-refractivity contribution in [1.82, 2.24) is 4.98 Å². The maximum Gasteiger partial charge on any atom is 0.197 e. The van der Waals surface area contributed by atoms with Crippen molar-refractivity contribution in [1.29, 1.82) is 5.26 Å². The number of benzene rings is 1. The number of sulfone groups is 1. The second-order valence-electron chi connectivity index (χ2n) is 5.01. The number of fused-ring (bicyclic) bond motifs is 2. The highest BCUT2D eigenvalue weighted by molar-refractivity contribution is 7.90. The zero-order chi connectivity index (χ0) is 16.1. The second kappa shape index (κ2) is 4.73. The van der Waals surface area contributed by atoms with E-state index >= 15 is 0 Å². The smallest absolute Gasteiger partial charge is 0.197 e. The number of nitriles is 1. The molecular weight excluding hydrogens is 304 g/mol. The first-order valence-electron chi connectivity index (χ1n) is 6.30. The third-order valence-corrected chi connectivity index (χ3v) is 4.56. The van der Waals surface area contributed by atoms with Crippen molar-refractivity contribution in [2.45, 2.75) is 11.0 Å². The van der Waals surface area contributed by atoms with Gasteiger partial charge in [-0.25, -0.2) is 13.4 Å². The van der Waals surface area contributed by atoms with Gasteiger partial charge in [-0.3, -0.25) is 4.79 Å². The lowest BCUT2D eigenvalue weighted by molar-refractivity contribution is 0.0817. The van der Waals surface area contributed by atoms with Gasteiger partial charge in [-0.1, -0.05) is 6.07 Å². The van der Waals surface area contributed by atoms with Crippen LogP contribution in [0, 0.1) is 11.3 Å². The molecule has 0 bridgehead atoms. The number of allylic oxidation sites excluding steroid dienone is 1. The summed E-state index contributed by atoms with van der Waals surface area (Å²) in [7, 11) is -3.38. The van der Waals surface area contributed by atoms with E-state index in [4.69, 9.17) is 5.26 Å². The number of aliphatic hydroxyl groups excluding tert-OH is 1. The van der Waals surface area contributed by atoms with E-state index in [0.717, 1.165) is 12.3 Å². The fourth-order valence-electron chi connectivity index (χ4n) is 2.33. The highest BCUT2D eigenvalue weighted by atomic mass is 32.2. The molecule has 110 valence electrons. The van der Waals surface area contributed by atoms with Crippen LogP contribution in [0.4, 0.5) is 0 Å². The Morgan fingerprint density at radius 1 is 1.32 bits per heavy atom. The van der Waals surface area contributed by atoms with Crippen molar-refractivity contribution in [3.8, 4) is 6.07 Å². The number of Topliss-reactive ketones (excluding diaryl/α,β-unsaturated/α-hetero) is 1. The predicted octanol–water partition coefficient (Wildman–Crippen LogP) is 1.10. The fraction of sp³-hybridized carbons (Fsp3) is 0.133. The maximum atomic E-state index is 12.0. The first kappa shape index (κ1) is 14.4. The van der Waals surface area contributed by atoms with Gasteiger partial charge in [-0.05, 0) is 24.3 Å². The number of carbonyl (C=O) groups excluding carboxylic acids is 1. The van der Waals surface area contributed by atoms with Crippen LogP contribution in [0.25, 0.3) is 16.5 Å². The van der Waals surface area contributed by atoms with Crippen LogP contribution in [-0.2, 0) is 9.84 Å². The molecule has 0 radical (unpaired) electrons. The normalized spacial score (nSPS) is 17.8. The third kappa shape index (κ3) is 2.19. The third-order valence-electron chi connectivity index (χ3n) is 3.45. The molecule has 1 aromatic carbocycles. The number of rotatable bonds is 1. The number of carbonyl (C=O) groups is 1. The van der Waals surface area contributed by atoms with Gasteiger partial charge in [0.25, 0.3) is 0 Å². The number of nitrogens with zero attached hydrogens (tertiary/aromatic N) is 2. The van der Waals surface area contributed by atoms with Crippen molar-refractivity contribution in [3.63, 3.8) is 0 Å². The van der Waals surface area contributed by atoms with Crippen LogP contribution in [0.3, 0.4) is 0 Å². The molecule has 7 heteroatoms. The van der Waals surface area contributed by atoms with E-state index in [-0.39, 0.29) is 21.7 Å². The summed E-state index contributed by atoms with van der Waals surface area (Å²) >= 11 is 0. The Balaban J connectivity index is 2.33. The zero-order valence-corrected chi connectivity index (χ0v) is 12.3. The number of ketones is 1.